The smallest absolute Gasteiger partial charge is 0.145 e. The second kappa shape index (κ2) is 16.1. The van der Waals surface area contributed by atoms with Crippen LogP contribution in [0.4, 0.5) is 0 Å². The number of aromatic nitrogens is 3. The van der Waals surface area contributed by atoms with Gasteiger partial charge >= 0.3 is 0 Å². The van der Waals surface area contributed by atoms with Crippen LogP contribution in [-0.4, -0.2) is 74.4 Å². The van der Waals surface area contributed by atoms with Gasteiger partial charge in [0.25, 0.3) is 0 Å². The van der Waals surface area contributed by atoms with Gasteiger partial charge in [0.05, 0.1) is 39.6 Å². The summed E-state index contributed by atoms with van der Waals surface area (Å²) < 4.78 is 36.3. The summed E-state index contributed by atoms with van der Waals surface area (Å²) in [5.41, 5.74) is 2.10. The molecule has 0 saturated heterocycles. The van der Waals surface area contributed by atoms with E-state index < -0.39 is 5.41 Å². The van der Waals surface area contributed by atoms with E-state index in [2.05, 4.69) is 21.9 Å². The summed E-state index contributed by atoms with van der Waals surface area (Å²) in [7, 11) is 0. The molecular weight excluding hydrogens is 594 g/mol. The van der Waals surface area contributed by atoms with Crippen molar-refractivity contribution < 1.29 is 28.4 Å². The summed E-state index contributed by atoms with van der Waals surface area (Å²) in [6.45, 7) is 5.78. The molecule has 9 nitrogen and oxygen atoms in total. The van der Waals surface area contributed by atoms with E-state index in [-0.39, 0.29) is 0 Å². The Kier molecular flexibility index (Phi) is 11.0. The van der Waals surface area contributed by atoms with Gasteiger partial charge in [-0.3, -0.25) is 15.0 Å². The Balaban J connectivity index is 0.985. The molecule has 0 unspecified atom stereocenters. The first-order valence-corrected chi connectivity index (χ1v) is 15.8. The zero-order chi connectivity index (χ0) is 32.2. The van der Waals surface area contributed by atoms with Gasteiger partial charge in [-0.05, 0) is 36.4 Å². The molecule has 242 valence electrons. The van der Waals surface area contributed by atoms with Crippen molar-refractivity contribution >= 4 is 32.7 Å². The Morgan fingerprint density at radius 2 is 0.745 bits per heavy atom. The van der Waals surface area contributed by atoms with Gasteiger partial charge in [-0.25, -0.2) is 0 Å². The molecule has 0 aliphatic heterocycles. The van der Waals surface area contributed by atoms with Crippen LogP contribution in [0.5, 0.6) is 17.2 Å². The predicted octanol–water partition coefficient (Wildman–Crippen LogP) is 6.92. The summed E-state index contributed by atoms with van der Waals surface area (Å²) in [6, 6.07) is 29.5. The summed E-state index contributed by atoms with van der Waals surface area (Å²) in [5.74, 6) is 2.22. The molecule has 3 aromatic heterocycles. The predicted molar refractivity (Wildman–Crippen MR) is 182 cm³/mol. The molecule has 3 aromatic carbocycles. The summed E-state index contributed by atoms with van der Waals surface area (Å²) >= 11 is 0. The fourth-order valence-electron chi connectivity index (χ4n) is 5.29. The Morgan fingerprint density at radius 3 is 1.09 bits per heavy atom. The molecule has 3 heterocycles. The number of pyridine rings is 3. The zero-order valence-corrected chi connectivity index (χ0v) is 26.5. The minimum absolute atomic E-state index is 0.396. The number of ether oxygens (including phenoxy) is 6. The maximum atomic E-state index is 6.10. The van der Waals surface area contributed by atoms with Crippen molar-refractivity contribution in [2.75, 3.05) is 59.5 Å². The van der Waals surface area contributed by atoms with Crippen LogP contribution in [0.2, 0.25) is 0 Å². The molecule has 6 rings (SSSR count). The van der Waals surface area contributed by atoms with E-state index in [1.807, 2.05) is 91.0 Å². The monoisotopic (exact) mass is 633 g/mol. The second-order valence-electron chi connectivity index (χ2n) is 11.5. The lowest BCUT2D eigenvalue weighted by molar-refractivity contribution is -0.0684. The normalized spacial score (nSPS) is 11.7. The molecule has 6 aromatic rings. The number of nitrogens with zero attached hydrogens (tertiary/aromatic N) is 3. The molecule has 0 aliphatic rings. The van der Waals surface area contributed by atoms with Crippen molar-refractivity contribution in [3.05, 3.63) is 110 Å². The maximum absolute atomic E-state index is 6.10. The first-order valence-electron chi connectivity index (χ1n) is 15.8. The molecule has 9 heteroatoms. The number of benzene rings is 3. The summed E-state index contributed by atoms with van der Waals surface area (Å²) in [5, 5.41) is 3.11. The fourth-order valence-corrected chi connectivity index (χ4v) is 5.29. The third-order valence-electron chi connectivity index (χ3n) is 7.59. The SMILES string of the molecule is CC(COCCOc1cccc2cccnc12)(COCCOc1cccc2cccnc12)COCCOc1cccc2cccnc12. The van der Waals surface area contributed by atoms with Crippen LogP contribution in [0, 0.1) is 5.41 Å². The van der Waals surface area contributed by atoms with E-state index in [0.29, 0.717) is 59.5 Å². The Bertz CT molecular complexity index is 1650. The van der Waals surface area contributed by atoms with Gasteiger partial charge in [0.1, 0.15) is 53.6 Å². The maximum Gasteiger partial charge on any atom is 0.145 e. The number of hydrogen-bond acceptors (Lipinski definition) is 9. The van der Waals surface area contributed by atoms with Crippen molar-refractivity contribution in [3.8, 4) is 17.2 Å². The molecule has 0 N–H and O–H groups in total. The van der Waals surface area contributed by atoms with Gasteiger partial charge in [-0.2, -0.15) is 0 Å². The van der Waals surface area contributed by atoms with Crippen molar-refractivity contribution in [1.82, 2.24) is 15.0 Å². The highest BCUT2D eigenvalue weighted by Gasteiger charge is 2.26. The molecular formula is C38H39N3O6. The van der Waals surface area contributed by atoms with Gasteiger partial charge < -0.3 is 28.4 Å². The summed E-state index contributed by atoms with van der Waals surface area (Å²) in [6.07, 6.45) is 5.31. The number of hydrogen-bond donors (Lipinski definition) is 0. The van der Waals surface area contributed by atoms with Crippen LogP contribution in [0.3, 0.4) is 0 Å². The Labute approximate surface area is 274 Å². The highest BCUT2D eigenvalue weighted by Crippen LogP contribution is 2.25. The third kappa shape index (κ3) is 8.71. The molecule has 0 spiro atoms. The number of para-hydroxylation sites is 3. The molecule has 0 atom stereocenters. The minimum Gasteiger partial charge on any atom is -0.489 e. The largest absolute Gasteiger partial charge is 0.489 e. The van der Waals surface area contributed by atoms with Crippen LogP contribution in [-0.2, 0) is 14.2 Å². The lowest BCUT2D eigenvalue weighted by Crippen LogP contribution is -2.36. The first kappa shape index (κ1) is 32.1. The number of rotatable bonds is 18. The topological polar surface area (TPSA) is 94.1 Å². The molecule has 0 aliphatic carbocycles. The van der Waals surface area contributed by atoms with Gasteiger partial charge in [0.2, 0.25) is 0 Å². The van der Waals surface area contributed by atoms with Crippen molar-refractivity contribution in [2.45, 2.75) is 6.92 Å². The standard InChI is InChI=1S/C38H39N3O6/c1-38(26-42-20-23-45-32-14-2-8-29-11-5-17-39-35(29)32,27-43-21-24-46-33-15-3-9-30-12-6-18-40-36(30)33)28-44-22-25-47-34-16-4-10-31-13-7-19-41-37(31)34/h2-19H,20-28H2,1H3. The number of fused-ring (bicyclic) bond motifs is 3. The lowest BCUT2D eigenvalue weighted by atomic mass is 9.94. The molecule has 0 fully saturated rings. The average molecular weight is 634 g/mol. The van der Waals surface area contributed by atoms with Gasteiger partial charge in [-0.15, -0.1) is 0 Å². The van der Waals surface area contributed by atoms with E-state index in [1.165, 1.54) is 0 Å². The lowest BCUT2D eigenvalue weighted by Gasteiger charge is -2.29. The molecule has 0 amide bonds. The van der Waals surface area contributed by atoms with Crippen LogP contribution < -0.4 is 14.2 Å². The van der Waals surface area contributed by atoms with Crippen molar-refractivity contribution in [2.24, 2.45) is 5.41 Å². The van der Waals surface area contributed by atoms with E-state index in [4.69, 9.17) is 28.4 Å². The molecule has 0 saturated carbocycles. The summed E-state index contributed by atoms with van der Waals surface area (Å²) in [4.78, 5) is 13.4. The highest BCUT2D eigenvalue weighted by molar-refractivity contribution is 5.85. The van der Waals surface area contributed by atoms with Crippen LogP contribution in [0.25, 0.3) is 32.7 Å². The fraction of sp³-hybridized carbons (Fsp3) is 0.289. The van der Waals surface area contributed by atoms with E-state index >= 15 is 0 Å². The minimum atomic E-state index is -0.414. The quantitative estimate of drug-likeness (QED) is 0.0935. The zero-order valence-electron chi connectivity index (χ0n) is 26.5. The van der Waals surface area contributed by atoms with Crippen LogP contribution in [0.15, 0.2) is 110 Å². The molecule has 0 bridgehead atoms. The second-order valence-corrected chi connectivity index (χ2v) is 11.5. The molecule has 0 radical (unpaired) electrons. The first-order chi connectivity index (χ1) is 23.2. The van der Waals surface area contributed by atoms with Crippen LogP contribution in [0.1, 0.15) is 6.92 Å². The van der Waals surface area contributed by atoms with E-state index in [0.717, 1.165) is 50.0 Å². The van der Waals surface area contributed by atoms with Crippen molar-refractivity contribution in [1.29, 1.82) is 0 Å². The Hall–Kier alpha value is -4.83. The Morgan fingerprint density at radius 1 is 0.426 bits per heavy atom. The molecule has 47 heavy (non-hydrogen) atoms. The van der Waals surface area contributed by atoms with E-state index in [1.54, 1.807) is 18.6 Å². The van der Waals surface area contributed by atoms with Gasteiger partial charge in [-0.1, -0.05) is 61.5 Å². The third-order valence-corrected chi connectivity index (χ3v) is 7.59. The van der Waals surface area contributed by atoms with Gasteiger partial charge in [0.15, 0.2) is 0 Å². The highest BCUT2D eigenvalue weighted by atomic mass is 16.5. The van der Waals surface area contributed by atoms with Gasteiger partial charge in [0, 0.05) is 40.2 Å². The van der Waals surface area contributed by atoms with E-state index in [9.17, 15) is 0 Å². The van der Waals surface area contributed by atoms with Crippen LogP contribution >= 0.6 is 0 Å². The average Bonchev–Trinajstić information content (AvgIpc) is 3.11. The van der Waals surface area contributed by atoms with Crippen molar-refractivity contribution in [3.63, 3.8) is 0 Å².